The second kappa shape index (κ2) is 3.76. The van der Waals surface area contributed by atoms with Crippen LogP contribution in [0.25, 0.3) is 0 Å². The number of allylic oxidation sites excluding steroid dienone is 2. The van der Waals surface area contributed by atoms with Gasteiger partial charge in [-0.3, -0.25) is 0 Å². The normalized spacial score (nSPS) is 10.7. The lowest BCUT2D eigenvalue weighted by atomic mass is 10.6. The van der Waals surface area contributed by atoms with Crippen molar-refractivity contribution in [3.8, 4) is 6.07 Å². The monoisotopic (exact) mass is 113 g/mol. The van der Waals surface area contributed by atoms with Crippen molar-refractivity contribution in [2.45, 2.75) is 6.92 Å². The molecule has 7 heavy (non-hydrogen) atoms. The summed E-state index contributed by atoms with van der Waals surface area (Å²) in [6, 6.07) is 2.03. The Morgan fingerprint density at radius 1 is 1.86 bits per heavy atom. The van der Waals surface area contributed by atoms with Crippen LogP contribution in [0.5, 0.6) is 0 Å². The van der Waals surface area contributed by atoms with Crippen molar-refractivity contribution >= 4 is 11.8 Å². The summed E-state index contributed by atoms with van der Waals surface area (Å²) in [6.45, 7) is 1.86. The Morgan fingerprint density at radius 2 is 2.43 bits per heavy atom. The van der Waals surface area contributed by atoms with Crippen LogP contribution in [0.4, 0.5) is 0 Å². The maximum Gasteiger partial charge on any atom is 0.106 e. The molecule has 1 nitrogen and oxygen atoms in total. The maximum atomic E-state index is 8.19. The van der Waals surface area contributed by atoms with Crippen molar-refractivity contribution in [3.05, 3.63) is 11.0 Å². The minimum Gasteiger partial charge on any atom is -0.192 e. The van der Waals surface area contributed by atoms with Crippen molar-refractivity contribution in [1.29, 1.82) is 5.26 Å². The molecule has 0 radical (unpaired) electrons. The van der Waals surface area contributed by atoms with E-state index in [0.29, 0.717) is 0 Å². The maximum absolute atomic E-state index is 8.19. The molecule has 0 spiro atoms. The molecule has 2 heteroatoms. The Morgan fingerprint density at radius 3 is 2.43 bits per heavy atom. The fourth-order valence-electron chi connectivity index (χ4n) is 0.228. The average Bonchev–Trinajstić information content (AvgIpc) is 1.72. The smallest absolute Gasteiger partial charge is 0.106 e. The van der Waals surface area contributed by atoms with Crippen LogP contribution in [0.1, 0.15) is 6.92 Å². The van der Waals surface area contributed by atoms with Crippen molar-refractivity contribution in [2.24, 2.45) is 0 Å². The zero-order chi connectivity index (χ0) is 5.70. The van der Waals surface area contributed by atoms with Gasteiger partial charge in [0.25, 0.3) is 0 Å². The number of nitrogens with zero attached hydrogens (tertiary/aromatic N) is 1. The van der Waals surface area contributed by atoms with Crippen LogP contribution in [0, 0.1) is 11.3 Å². The largest absolute Gasteiger partial charge is 0.192 e. The first-order valence-electron chi connectivity index (χ1n) is 1.95. The van der Waals surface area contributed by atoms with Crippen molar-refractivity contribution < 1.29 is 0 Å². The Kier molecular flexibility index (Phi) is 3.53. The van der Waals surface area contributed by atoms with Gasteiger partial charge in [-0.1, -0.05) is 6.08 Å². The second-order valence-electron chi connectivity index (χ2n) is 0.969. The van der Waals surface area contributed by atoms with Gasteiger partial charge in [0.15, 0.2) is 0 Å². The third kappa shape index (κ3) is 2.30. The molecule has 0 rings (SSSR count). The molecule has 0 amide bonds. The molecule has 0 N–H and O–H groups in total. The van der Waals surface area contributed by atoms with Gasteiger partial charge in [-0.25, -0.2) is 0 Å². The molecule has 0 aromatic rings. The molecule has 0 unspecified atom stereocenters. The Balaban J connectivity index is 3.68. The summed E-state index contributed by atoms with van der Waals surface area (Å²) in [4.78, 5) is 0.778. The van der Waals surface area contributed by atoms with Crippen LogP contribution in [-0.2, 0) is 0 Å². The predicted octanol–water partition coefficient (Wildman–Crippen LogP) is 1.78. The zero-order valence-electron chi connectivity index (χ0n) is 4.43. The molecule has 0 aliphatic carbocycles. The van der Waals surface area contributed by atoms with Crippen LogP contribution in [0.15, 0.2) is 11.0 Å². The van der Waals surface area contributed by atoms with E-state index in [1.54, 1.807) is 6.08 Å². The highest BCUT2D eigenvalue weighted by atomic mass is 32.2. The van der Waals surface area contributed by atoms with Gasteiger partial charge in [0.2, 0.25) is 0 Å². The second-order valence-corrected chi connectivity index (χ2v) is 1.82. The minimum absolute atomic E-state index is 0.778. The summed E-state index contributed by atoms with van der Waals surface area (Å²) in [5.41, 5.74) is 0. The van der Waals surface area contributed by atoms with E-state index in [2.05, 4.69) is 0 Å². The fraction of sp³-hybridized carbons (Fsp3) is 0.400. The molecule has 0 bridgehead atoms. The fourth-order valence-corrected chi connectivity index (χ4v) is 0.555. The Labute approximate surface area is 48.0 Å². The van der Waals surface area contributed by atoms with E-state index < -0.39 is 0 Å². The van der Waals surface area contributed by atoms with Crippen LogP contribution < -0.4 is 0 Å². The van der Waals surface area contributed by atoms with Crippen LogP contribution in [0.2, 0.25) is 0 Å². The van der Waals surface area contributed by atoms with Gasteiger partial charge in [-0.2, -0.15) is 5.26 Å². The molecular weight excluding hydrogens is 106 g/mol. The summed E-state index contributed by atoms with van der Waals surface area (Å²) < 4.78 is 0. The molecule has 0 saturated carbocycles. The molecule has 0 fully saturated rings. The summed E-state index contributed by atoms with van der Waals surface area (Å²) >= 11 is 1.47. The van der Waals surface area contributed by atoms with E-state index in [4.69, 9.17) is 5.26 Å². The summed E-state index contributed by atoms with van der Waals surface area (Å²) in [7, 11) is 0. The van der Waals surface area contributed by atoms with Crippen LogP contribution in [-0.4, -0.2) is 6.26 Å². The highest BCUT2D eigenvalue weighted by molar-refractivity contribution is 8.02. The number of rotatable bonds is 1. The summed E-state index contributed by atoms with van der Waals surface area (Å²) in [5.74, 6) is 0. The van der Waals surface area contributed by atoms with E-state index in [0.717, 1.165) is 4.91 Å². The molecule has 0 atom stereocenters. The number of hydrogen-bond acceptors (Lipinski definition) is 2. The molecule has 38 valence electrons. The topological polar surface area (TPSA) is 23.8 Å². The van der Waals surface area contributed by atoms with Gasteiger partial charge in [0.1, 0.15) is 6.07 Å². The van der Waals surface area contributed by atoms with E-state index in [1.807, 2.05) is 19.2 Å². The average molecular weight is 113 g/mol. The van der Waals surface area contributed by atoms with Gasteiger partial charge in [0, 0.05) is 0 Å². The third-order valence-corrected chi connectivity index (χ3v) is 1.36. The van der Waals surface area contributed by atoms with Gasteiger partial charge in [0.05, 0.1) is 4.91 Å². The number of thioether (sulfide) groups is 1. The predicted molar refractivity (Wildman–Crippen MR) is 32.9 cm³/mol. The number of hydrogen-bond donors (Lipinski definition) is 0. The third-order valence-electron chi connectivity index (χ3n) is 0.592. The molecule has 0 aromatic heterocycles. The van der Waals surface area contributed by atoms with Gasteiger partial charge in [-0.05, 0) is 13.2 Å². The first-order valence-corrected chi connectivity index (χ1v) is 3.18. The van der Waals surface area contributed by atoms with Gasteiger partial charge >= 0.3 is 0 Å². The Bertz CT molecular complexity index is 110. The quantitative estimate of drug-likeness (QED) is 0.484. The number of nitriles is 1. The molecule has 0 aliphatic heterocycles. The highest BCUT2D eigenvalue weighted by Crippen LogP contribution is 2.07. The highest BCUT2D eigenvalue weighted by Gasteiger charge is 1.82. The summed E-state index contributed by atoms with van der Waals surface area (Å²) in [5, 5.41) is 8.19. The van der Waals surface area contributed by atoms with E-state index in [9.17, 15) is 0 Å². The minimum atomic E-state index is 0.778. The first kappa shape index (κ1) is 6.58. The lowest BCUT2D eigenvalue weighted by Crippen LogP contribution is -1.61. The molecule has 0 aliphatic rings. The van der Waals surface area contributed by atoms with Gasteiger partial charge in [-0.15, -0.1) is 11.8 Å². The lowest BCUT2D eigenvalue weighted by molar-refractivity contribution is 1.52. The zero-order valence-corrected chi connectivity index (χ0v) is 5.25. The van der Waals surface area contributed by atoms with Crippen molar-refractivity contribution in [3.63, 3.8) is 0 Å². The standard InChI is InChI=1S/C5H7NS/c1-3-5(4-6)7-2/h3H,1-2H3/b5-3-. The van der Waals surface area contributed by atoms with Crippen LogP contribution >= 0.6 is 11.8 Å². The first-order chi connectivity index (χ1) is 3.35. The van der Waals surface area contributed by atoms with Crippen LogP contribution in [0.3, 0.4) is 0 Å². The van der Waals surface area contributed by atoms with Gasteiger partial charge < -0.3 is 0 Å². The van der Waals surface area contributed by atoms with Crippen molar-refractivity contribution in [1.82, 2.24) is 0 Å². The molecule has 0 heterocycles. The Hall–Kier alpha value is -0.420. The van der Waals surface area contributed by atoms with Crippen molar-refractivity contribution in [2.75, 3.05) is 6.26 Å². The van der Waals surface area contributed by atoms with E-state index >= 15 is 0 Å². The SMILES string of the molecule is C/C=C(/C#N)SC. The summed E-state index contributed by atoms with van der Waals surface area (Å²) in [6.07, 6.45) is 3.68. The molecular formula is C5H7NS. The van der Waals surface area contributed by atoms with E-state index in [-0.39, 0.29) is 0 Å². The van der Waals surface area contributed by atoms with E-state index in [1.165, 1.54) is 11.8 Å². The molecule has 0 aromatic carbocycles. The lowest BCUT2D eigenvalue weighted by Gasteiger charge is -1.81. The molecule has 0 saturated heterocycles.